The van der Waals surface area contributed by atoms with E-state index in [9.17, 15) is 4.79 Å². The Labute approximate surface area is 108 Å². The van der Waals surface area contributed by atoms with Gasteiger partial charge in [-0.2, -0.15) is 0 Å². The summed E-state index contributed by atoms with van der Waals surface area (Å²) in [5, 5.41) is 3.21. The van der Waals surface area contributed by atoms with Crippen LogP contribution in [0.3, 0.4) is 0 Å². The number of thiazole rings is 1. The van der Waals surface area contributed by atoms with E-state index in [1.807, 2.05) is 6.07 Å². The highest BCUT2D eigenvalue weighted by Gasteiger charge is 2.12. The summed E-state index contributed by atoms with van der Waals surface area (Å²) in [6, 6.07) is 7.03. The van der Waals surface area contributed by atoms with E-state index in [4.69, 9.17) is 4.74 Å². The van der Waals surface area contributed by atoms with Crippen LogP contribution in [0.4, 0.5) is 5.13 Å². The number of aromatic nitrogens is 1. The molecule has 0 saturated heterocycles. The summed E-state index contributed by atoms with van der Waals surface area (Å²) in [7, 11) is 1.53. The highest BCUT2D eigenvalue weighted by Crippen LogP contribution is 2.23. The summed E-state index contributed by atoms with van der Waals surface area (Å²) >= 11 is 5.44. The molecule has 0 unspecified atom stereocenters. The highest BCUT2D eigenvalue weighted by molar-refractivity contribution is 7.83. The van der Waals surface area contributed by atoms with Gasteiger partial charge in [-0.25, -0.2) is 4.98 Å². The number of nitrogens with zero attached hydrogens (tertiary/aromatic N) is 1. The number of para-hydroxylation sites is 1. The quantitative estimate of drug-likeness (QED) is 0.840. The number of ether oxygens (including phenoxy) is 1. The predicted molar refractivity (Wildman–Crippen MR) is 70.3 cm³/mol. The molecule has 0 aliphatic rings. The number of carbonyl (C=O) groups is 1. The zero-order chi connectivity index (χ0) is 12.3. The molecule has 88 valence electrons. The van der Waals surface area contributed by atoms with E-state index >= 15 is 0 Å². The van der Waals surface area contributed by atoms with Gasteiger partial charge in [0.15, 0.2) is 5.13 Å². The minimum Gasteiger partial charge on any atom is -0.496 e. The molecule has 1 heterocycles. The molecule has 0 aliphatic heterocycles. The third kappa shape index (κ3) is 2.78. The largest absolute Gasteiger partial charge is 0.496 e. The Kier molecular flexibility index (Phi) is 3.65. The van der Waals surface area contributed by atoms with E-state index in [-0.39, 0.29) is 5.91 Å². The number of nitrogens with one attached hydrogen (secondary N) is 1. The minimum atomic E-state index is -0.245. The molecule has 1 aromatic carbocycles. The van der Waals surface area contributed by atoms with E-state index in [1.54, 1.807) is 24.4 Å². The topological polar surface area (TPSA) is 51.2 Å². The fourth-order valence-corrected chi connectivity index (χ4v) is 2.19. The van der Waals surface area contributed by atoms with Crippen molar-refractivity contribution in [3.63, 3.8) is 0 Å². The lowest BCUT2D eigenvalue weighted by Gasteiger charge is -2.06. The molecule has 0 saturated carbocycles. The first kappa shape index (κ1) is 11.9. The van der Waals surface area contributed by atoms with Crippen LogP contribution in [0.1, 0.15) is 10.4 Å². The second kappa shape index (κ2) is 5.20. The lowest BCUT2D eigenvalue weighted by Crippen LogP contribution is -2.12. The predicted octanol–water partition coefficient (Wildman–Crippen LogP) is 2.69. The van der Waals surface area contributed by atoms with Crippen LogP contribution in [0.15, 0.2) is 34.7 Å². The van der Waals surface area contributed by atoms with Gasteiger partial charge in [-0.3, -0.25) is 10.1 Å². The van der Waals surface area contributed by atoms with Gasteiger partial charge in [0.25, 0.3) is 5.91 Å². The summed E-state index contributed by atoms with van der Waals surface area (Å²) in [6.07, 6.45) is 1.59. The average Bonchev–Trinajstić information content (AvgIpc) is 2.74. The van der Waals surface area contributed by atoms with E-state index in [0.29, 0.717) is 16.4 Å². The second-order valence-corrected chi connectivity index (χ2v) is 4.97. The van der Waals surface area contributed by atoms with Gasteiger partial charge in [0.2, 0.25) is 0 Å². The first-order valence-corrected chi connectivity index (χ1v) is 6.06. The number of rotatable bonds is 3. The summed E-state index contributed by atoms with van der Waals surface area (Å²) in [6.45, 7) is 0. The standard InChI is InChI=1S/C11H10N2O2S2/c1-15-8-5-3-2-4-7(8)10(14)13-11-12-6-9(16)17-11/h2-6,16H,1H3,(H,12,13,14). The molecular weight excluding hydrogens is 256 g/mol. The van der Waals surface area contributed by atoms with Crippen LogP contribution < -0.4 is 10.1 Å². The fourth-order valence-electron chi connectivity index (χ4n) is 1.32. The van der Waals surface area contributed by atoms with Gasteiger partial charge in [0, 0.05) is 0 Å². The second-order valence-electron chi connectivity index (χ2n) is 3.16. The van der Waals surface area contributed by atoms with Gasteiger partial charge in [0.05, 0.1) is 23.1 Å². The van der Waals surface area contributed by atoms with E-state index < -0.39 is 0 Å². The van der Waals surface area contributed by atoms with Crippen LogP contribution in [-0.4, -0.2) is 18.0 Å². The molecule has 6 heteroatoms. The molecule has 0 bridgehead atoms. The van der Waals surface area contributed by atoms with Gasteiger partial charge >= 0.3 is 0 Å². The number of methoxy groups -OCH3 is 1. The summed E-state index contributed by atoms with van der Waals surface area (Å²) in [5.41, 5.74) is 0.478. The number of benzene rings is 1. The van der Waals surface area contributed by atoms with Crippen LogP contribution in [-0.2, 0) is 0 Å². The molecule has 1 N–H and O–H groups in total. The molecule has 0 spiro atoms. The number of hydrogen-bond acceptors (Lipinski definition) is 5. The van der Waals surface area contributed by atoms with Crippen LogP contribution in [0.5, 0.6) is 5.75 Å². The van der Waals surface area contributed by atoms with Crippen molar-refractivity contribution in [1.29, 1.82) is 0 Å². The molecule has 2 rings (SSSR count). The molecule has 0 radical (unpaired) electrons. The molecule has 0 atom stereocenters. The lowest BCUT2D eigenvalue weighted by atomic mass is 10.2. The maximum absolute atomic E-state index is 12.0. The molecule has 4 nitrogen and oxygen atoms in total. The van der Waals surface area contributed by atoms with Crippen LogP contribution in [0, 0.1) is 0 Å². The Bertz CT molecular complexity index is 540. The summed E-state index contributed by atoms with van der Waals surface area (Å²) in [4.78, 5) is 16.0. The number of thiol groups is 1. The molecule has 1 amide bonds. The summed E-state index contributed by atoms with van der Waals surface area (Å²) < 4.78 is 5.87. The molecule has 17 heavy (non-hydrogen) atoms. The van der Waals surface area contributed by atoms with Crippen molar-refractivity contribution in [2.24, 2.45) is 0 Å². The van der Waals surface area contributed by atoms with Gasteiger partial charge < -0.3 is 4.74 Å². The number of amides is 1. The van der Waals surface area contributed by atoms with Gasteiger partial charge in [-0.1, -0.05) is 23.5 Å². The Hall–Kier alpha value is -1.53. The van der Waals surface area contributed by atoms with Crippen molar-refractivity contribution < 1.29 is 9.53 Å². The molecule has 1 aromatic heterocycles. The Morgan fingerprint density at radius 3 is 2.88 bits per heavy atom. The van der Waals surface area contributed by atoms with E-state index in [0.717, 1.165) is 4.21 Å². The number of anilines is 1. The van der Waals surface area contributed by atoms with Crippen LogP contribution in [0.2, 0.25) is 0 Å². The molecule has 0 aliphatic carbocycles. The maximum atomic E-state index is 12.0. The molecule has 0 fully saturated rings. The number of carbonyl (C=O) groups excluding carboxylic acids is 1. The fraction of sp³-hybridized carbons (Fsp3) is 0.0909. The molecular formula is C11H10N2O2S2. The first-order chi connectivity index (χ1) is 8.20. The first-order valence-electron chi connectivity index (χ1n) is 4.80. The van der Waals surface area contributed by atoms with Crippen LogP contribution in [0.25, 0.3) is 0 Å². The monoisotopic (exact) mass is 266 g/mol. The SMILES string of the molecule is COc1ccccc1C(=O)Nc1ncc(S)s1. The van der Waals surface area contributed by atoms with Gasteiger partial charge in [-0.05, 0) is 12.1 Å². The van der Waals surface area contributed by atoms with Crippen molar-refractivity contribution in [3.8, 4) is 5.75 Å². The Morgan fingerprint density at radius 1 is 1.47 bits per heavy atom. The van der Waals surface area contributed by atoms with Crippen molar-refractivity contribution in [3.05, 3.63) is 36.0 Å². The van der Waals surface area contributed by atoms with Crippen molar-refractivity contribution in [2.75, 3.05) is 12.4 Å². The van der Waals surface area contributed by atoms with E-state index in [1.165, 1.54) is 18.4 Å². The smallest absolute Gasteiger partial charge is 0.261 e. The third-order valence-electron chi connectivity index (χ3n) is 2.07. The third-order valence-corrected chi connectivity index (χ3v) is 3.17. The Balaban J connectivity index is 2.20. The Morgan fingerprint density at radius 2 is 2.24 bits per heavy atom. The average molecular weight is 266 g/mol. The summed E-state index contributed by atoms with van der Waals surface area (Å²) in [5.74, 6) is 0.290. The normalized spacial score (nSPS) is 10.0. The van der Waals surface area contributed by atoms with Gasteiger partial charge in [-0.15, -0.1) is 12.6 Å². The maximum Gasteiger partial charge on any atom is 0.261 e. The van der Waals surface area contributed by atoms with Crippen molar-refractivity contribution >= 4 is 35.0 Å². The minimum absolute atomic E-state index is 0.245. The lowest BCUT2D eigenvalue weighted by molar-refractivity contribution is 0.102. The van der Waals surface area contributed by atoms with Crippen molar-refractivity contribution in [2.45, 2.75) is 4.21 Å². The zero-order valence-corrected chi connectivity index (χ0v) is 10.7. The zero-order valence-electron chi connectivity index (χ0n) is 9.01. The van der Waals surface area contributed by atoms with Crippen molar-refractivity contribution in [1.82, 2.24) is 4.98 Å². The van der Waals surface area contributed by atoms with Gasteiger partial charge in [0.1, 0.15) is 5.75 Å². The molecule has 2 aromatic rings. The van der Waals surface area contributed by atoms with E-state index in [2.05, 4.69) is 22.9 Å². The number of hydrogen-bond donors (Lipinski definition) is 2. The highest BCUT2D eigenvalue weighted by atomic mass is 32.2. The van der Waals surface area contributed by atoms with Crippen LogP contribution >= 0.6 is 24.0 Å².